The molecule has 6 heterocycles. The van der Waals surface area contributed by atoms with Crippen molar-refractivity contribution in [1.82, 2.24) is 35.1 Å². The minimum absolute atomic E-state index is 0.00418. The van der Waals surface area contributed by atoms with Gasteiger partial charge in [-0.1, -0.05) is 52.5 Å². The first kappa shape index (κ1) is 49.4. The van der Waals surface area contributed by atoms with E-state index in [0.717, 1.165) is 33.4 Å². The molecule has 0 radical (unpaired) electrons. The van der Waals surface area contributed by atoms with Crippen LogP contribution in [0.1, 0.15) is 95.7 Å². The molecule has 17 heteroatoms. The second kappa shape index (κ2) is 19.8. The monoisotopic (exact) mass is 951 g/mol. The zero-order valence-electron chi connectivity index (χ0n) is 40.5. The number of carbonyl (C=O) groups is 5. The number of fused-ring (bicyclic) bond motifs is 6. The molecule has 0 aliphatic carbocycles. The van der Waals surface area contributed by atoms with Crippen LogP contribution in [0.4, 0.5) is 8.78 Å². The molecule has 368 valence electrons. The summed E-state index contributed by atoms with van der Waals surface area (Å²) in [5, 5.41) is 5.10. The molecule has 4 aromatic rings. The number of halogens is 2. The molecular formula is C52H63F2N7O8. The lowest BCUT2D eigenvalue weighted by atomic mass is 9.84. The molecular weight excluding hydrogens is 889 g/mol. The van der Waals surface area contributed by atoms with E-state index in [1.807, 2.05) is 51.1 Å². The number of amides is 4. The number of esters is 1. The SMILES string of the molecule is C=CC(=O)N1CC[C@]2(C1)OCN([C@H](C(=O)N[C@H]1Cc3cc(cc(C(F)F)c3)-c3ccc4c(c3)c(c(-c3cccnc3[C@H](C)OC)n4CC)CC(C)(C)COC(=O)[C@@H]3CCCN(N3)C1=O)C(C)C)C2=O. The van der Waals surface area contributed by atoms with Crippen molar-refractivity contribution in [2.24, 2.45) is 11.3 Å². The van der Waals surface area contributed by atoms with Crippen LogP contribution in [0.3, 0.4) is 0 Å². The quantitative estimate of drug-likeness (QED) is 0.130. The maximum Gasteiger partial charge on any atom is 0.324 e. The molecule has 4 aliphatic heterocycles. The maximum atomic E-state index is 15.0. The van der Waals surface area contributed by atoms with Gasteiger partial charge in [-0.25, -0.2) is 14.2 Å². The van der Waals surface area contributed by atoms with Crippen LogP contribution < -0.4 is 10.7 Å². The molecule has 4 aliphatic rings. The van der Waals surface area contributed by atoms with Gasteiger partial charge < -0.3 is 33.9 Å². The first-order valence-corrected chi connectivity index (χ1v) is 23.9. The van der Waals surface area contributed by atoms with Gasteiger partial charge in [0.2, 0.25) is 11.8 Å². The first-order valence-electron chi connectivity index (χ1n) is 23.9. The van der Waals surface area contributed by atoms with Crippen molar-refractivity contribution in [2.45, 2.75) is 116 Å². The van der Waals surface area contributed by atoms with Gasteiger partial charge in [-0.15, -0.1) is 0 Å². The fourth-order valence-corrected chi connectivity index (χ4v) is 10.5. The number of rotatable bonds is 10. The first-order chi connectivity index (χ1) is 32.9. The molecule has 4 amide bonds. The summed E-state index contributed by atoms with van der Waals surface area (Å²) < 4.78 is 50.2. The van der Waals surface area contributed by atoms with Crippen LogP contribution in [0.2, 0.25) is 0 Å². The molecule has 0 unspecified atom stereocenters. The van der Waals surface area contributed by atoms with Gasteiger partial charge in [-0.05, 0) is 97.7 Å². The number of cyclic esters (lactones) is 1. The second-order valence-electron chi connectivity index (χ2n) is 19.9. The van der Waals surface area contributed by atoms with Crippen molar-refractivity contribution in [3.8, 4) is 22.4 Å². The highest BCUT2D eigenvalue weighted by atomic mass is 19.3. The predicted octanol–water partition coefficient (Wildman–Crippen LogP) is 6.68. The van der Waals surface area contributed by atoms with E-state index in [1.165, 1.54) is 33.0 Å². The van der Waals surface area contributed by atoms with Gasteiger partial charge in [0.25, 0.3) is 18.2 Å². The number of aryl methyl sites for hydroxylation is 1. The summed E-state index contributed by atoms with van der Waals surface area (Å²) >= 11 is 0. The van der Waals surface area contributed by atoms with Crippen LogP contribution in [0.15, 0.2) is 67.4 Å². The van der Waals surface area contributed by atoms with Crippen LogP contribution in [0.25, 0.3) is 33.3 Å². The Hall–Kier alpha value is -6.04. The fourth-order valence-electron chi connectivity index (χ4n) is 10.5. The summed E-state index contributed by atoms with van der Waals surface area (Å²) in [7, 11) is 1.64. The number of nitrogens with one attached hydrogen (secondary N) is 2. The molecule has 8 rings (SSSR count). The summed E-state index contributed by atoms with van der Waals surface area (Å²) in [6, 6.07) is 11.0. The van der Waals surface area contributed by atoms with Crippen molar-refractivity contribution < 1.29 is 47.0 Å². The summed E-state index contributed by atoms with van der Waals surface area (Å²) in [6.45, 7) is 16.0. The van der Waals surface area contributed by atoms with E-state index in [9.17, 15) is 24.0 Å². The highest BCUT2D eigenvalue weighted by molar-refractivity contribution is 5.97. The van der Waals surface area contributed by atoms with Crippen molar-refractivity contribution in [1.29, 1.82) is 0 Å². The number of pyridine rings is 1. The summed E-state index contributed by atoms with van der Waals surface area (Å²) in [5.41, 5.74) is 6.81. The molecule has 69 heavy (non-hydrogen) atoms. The van der Waals surface area contributed by atoms with Gasteiger partial charge in [0.15, 0.2) is 5.60 Å². The predicted molar refractivity (Wildman–Crippen MR) is 254 cm³/mol. The normalized spacial score (nSPS) is 22.9. The molecule has 0 saturated carbocycles. The molecule has 15 nitrogen and oxygen atoms in total. The van der Waals surface area contributed by atoms with Gasteiger partial charge in [-0.2, -0.15) is 0 Å². The lowest BCUT2D eigenvalue weighted by Gasteiger charge is -2.36. The van der Waals surface area contributed by atoms with Crippen molar-refractivity contribution >= 4 is 40.5 Å². The third-order valence-electron chi connectivity index (χ3n) is 14.1. The van der Waals surface area contributed by atoms with E-state index in [1.54, 1.807) is 33.2 Å². The number of methoxy groups -OCH3 is 1. The Bertz CT molecular complexity index is 2670. The Labute approximate surface area is 401 Å². The number of likely N-dealkylation sites (tertiary alicyclic amines) is 1. The number of ether oxygens (including phenoxy) is 3. The van der Waals surface area contributed by atoms with Gasteiger partial charge in [0, 0.05) is 73.2 Å². The smallest absolute Gasteiger partial charge is 0.324 e. The lowest BCUT2D eigenvalue weighted by Crippen LogP contribution is -2.62. The van der Waals surface area contributed by atoms with Crippen LogP contribution in [0, 0.1) is 11.3 Å². The highest BCUT2D eigenvalue weighted by Gasteiger charge is 2.56. The Morgan fingerprint density at radius 1 is 1.07 bits per heavy atom. The largest absolute Gasteiger partial charge is 0.464 e. The Kier molecular flexibility index (Phi) is 14.1. The molecule has 2 aromatic heterocycles. The molecule has 3 fully saturated rings. The van der Waals surface area contributed by atoms with Crippen LogP contribution in [-0.4, -0.2) is 118 Å². The molecule has 6 bridgehead atoms. The number of hydrogen-bond acceptors (Lipinski definition) is 10. The number of benzene rings is 2. The van der Waals surface area contributed by atoms with Gasteiger partial charge in [0.05, 0.1) is 30.6 Å². The Morgan fingerprint density at radius 2 is 1.86 bits per heavy atom. The number of carbonyl (C=O) groups excluding carboxylic acids is 5. The van der Waals surface area contributed by atoms with Gasteiger partial charge in [-0.3, -0.25) is 34.0 Å². The van der Waals surface area contributed by atoms with Crippen molar-refractivity contribution in [3.05, 3.63) is 89.8 Å². The molecule has 2 N–H and O–H groups in total. The van der Waals surface area contributed by atoms with Crippen LogP contribution in [0.5, 0.6) is 0 Å². The standard InChI is InChI=1S/C52H63F2N7O8/c1-9-42(62)58-20-17-52(27-58)50(66)60(29-69-52)44(30(3)4)47(63)56-40-23-32-21-34(24-35(22-32)46(53)54)33-15-16-41-37(25-33)38(45(59(41)10-2)36-13-11-18-55-43(36)31(5)67-8)26-51(6,7)28-68-49(65)39-14-12-19-61(57-39)48(40)64/h9,11,13,15-16,18,21-22,24-25,30-31,39-40,44,46,57H,1,10,12,14,17,19-20,23,26-29H2,2-8H3,(H,56,63)/t31-,39-,40-,44-,52+/m0/s1. The lowest BCUT2D eigenvalue weighted by molar-refractivity contribution is -0.155. The van der Waals surface area contributed by atoms with Crippen LogP contribution in [-0.2, 0) is 57.6 Å². The Morgan fingerprint density at radius 3 is 2.57 bits per heavy atom. The molecule has 2 aromatic carbocycles. The van der Waals surface area contributed by atoms with Crippen molar-refractivity contribution in [2.75, 3.05) is 40.1 Å². The number of nitrogens with zero attached hydrogens (tertiary/aromatic N) is 5. The third kappa shape index (κ3) is 9.65. The molecule has 1 spiro atoms. The highest BCUT2D eigenvalue weighted by Crippen LogP contribution is 2.43. The van der Waals surface area contributed by atoms with E-state index in [4.69, 9.17) is 19.2 Å². The summed E-state index contributed by atoms with van der Waals surface area (Å²) in [4.78, 5) is 77.7. The van der Waals surface area contributed by atoms with Gasteiger partial charge >= 0.3 is 5.97 Å². The zero-order chi connectivity index (χ0) is 49.5. The second-order valence-corrected chi connectivity index (χ2v) is 19.9. The Balaban J connectivity index is 1.23. The van der Waals surface area contributed by atoms with Gasteiger partial charge in [0.1, 0.15) is 24.9 Å². The molecule has 5 atom stereocenters. The average Bonchev–Trinajstić information content (AvgIpc) is 4.01. The number of alkyl halides is 2. The fraction of sp³-hybridized carbons (Fsp3) is 0.500. The topological polar surface area (TPSA) is 165 Å². The van der Waals surface area contributed by atoms with Crippen molar-refractivity contribution in [3.63, 3.8) is 0 Å². The maximum absolute atomic E-state index is 15.0. The number of hydrogen-bond donors (Lipinski definition) is 2. The summed E-state index contributed by atoms with van der Waals surface area (Å²) in [6.07, 6.45) is 1.02. The average molecular weight is 952 g/mol. The minimum atomic E-state index is -2.87. The molecule has 3 saturated heterocycles. The minimum Gasteiger partial charge on any atom is -0.464 e. The zero-order valence-corrected chi connectivity index (χ0v) is 40.5. The number of aromatic nitrogens is 2. The van der Waals surface area contributed by atoms with E-state index >= 15 is 8.78 Å². The van der Waals surface area contributed by atoms with E-state index in [0.29, 0.717) is 42.5 Å². The van der Waals surface area contributed by atoms with E-state index in [2.05, 4.69) is 28.8 Å². The number of hydrazine groups is 1. The summed E-state index contributed by atoms with van der Waals surface area (Å²) in [5.74, 6) is -3.04. The van der Waals surface area contributed by atoms with E-state index < -0.39 is 65.2 Å². The third-order valence-corrected chi connectivity index (χ3v) is 14.1. The van der Waals surface area contributed by atoms with E-state index in [-0.39, 0.29) is 63.4 Å². The van der Waals surface area contributed by atoms with Crippen LogP contribution >= 0.6 is 0 Å².